The number of hydrogen-bond donors (Lipinski definition) is 0. The molecule has 0 aliphatic heterocycles. The highest BCUT2D eigenvalue weighted by atomic mass is 16.3. The fourth-order valence-corrected chi connectivity index (χ4v) is 9.98. The standard InChI is InChI=1S/C44H36O/c1-2-10-31(11-3-1)40-34-12-4-6-14-36(34)41(37-15-7-5-13-35(37)40)32-18-20-33(21-19-32)42-38-16-8-9-17-39(38)45-43(42)44-25-28-22-29(26-44)24-30(23-28)27-44/h1-21,28-30H,22-27H2/i4D,6D,12D,14D. The molecule has 1 heterocycles. The highest BCUT2D eigenvalue weighted by Crippen LogP contribution is 2.62. The second kappa shape index (κ2) is 9.69. The lowest BCUT2D eigenvalue weighted by Crippen LogP contribution is -2.48. The van der Waals surface area contributed by atoms with Crippen LogP contribution in [-0.2, 0) is 5.41 Å². The quantitative estimate of drug-likeness (QED) is 0.188. The zero-order chi connectivity index (χ0) is 33.0. The number of furan rings is 1. The maximum absolute atomic E-state index is 9.22. The van der Waals surface area contributed by atoms with Crippen molar-refractivity contribution >= 4 is 32.5 Å². The summed E-state index contributed by atoms with van der Waals surface area (Å²) >= 11 is 0. The molecule has 4 aliphatic carbocycles. The zero-order valence-electron chi connectivity index (χ0n) is 29.2. The predicted molar refractivity (Wildman–Crippen MR) is 187 cm³/mol. The number of fused-ring (bicyclic) bond motifs is 3. The molecule has 1 aromatic heterocycles. The lowest BCUT2D eigenvalue weighted by Gasteiger charge is -2.56. The van der Waals surface area contributed by atoms with E-state index in [0.717, 1.165) is 61.9 Å². The lowest BCUT2D eigenvalue weighted by atomic mass is 9.48. The van der Waals surface area contributed by atoms with E-state index < -0.39 is 0 Å². The van der Waals surface area contributed by atoms with E-state index in [1.165, 1.54) is 55.2 Å². The molecular formula is C44H36O. The first-order chi connectivity index (χ1) is 23.9. The number of benzene rings is 6. The molecule has 0 saturated heterocycles. The lowest BCUT2D eigenvalue weighted by molar-refractivity contribution is -0.0141. The molecule has 1 heteroatoms. The van der Waals surface area contributed by atoms with Crippen LogP contribution in [0.2, 0.25) is 0 Å². The Balaban J connectivity index is 1.21. The normalized spacial score (nSPS) is 25.0. The van der Waals surface area contributed by atoms with Crippen LogP contribution < -0.4 is 0 Å². The van der Waals surface area contributed by atoms with Gasteiger partial charge in [-0.1, -0.05) is 121 Å². The minimum Gasteiger partial charge on any atom is -0.460 e. The van der Waals surface area contributed by atoms with Crippen molar-refractivity contribution in [3.63, 3.8) is 0 Å². The summed E-state index contributed by atoms with van der Waals surface area (Å²) in [5, 5.41) is 4.21. The van der Waals surface area contributed by atoms with Gasteiger partial charge in [-0.3, -0.25) is 0 Å². The summed E-state index contributed by atoms with van der Waals surface area (Å²) in [7, 11) is 0. The summed E-state index contributed by atoms with van der Waals surface area (Å²) in [6, 6.07) is 34.9. The molecule has 7 aromatic rings. The highest BCUT2D eigenvalue weighted by Gasteiger charge is 2.54. The highest BCUT2D eigenvalue weighted by molar-refractivity contribution is 6.21. The number of hydrogen-bond acceptors (Lipinski definition) is 1. The van der Waals surface area contributed by atoms with E-state index in [1.54, 1.807) is 0 Å². The van der Waals surface area contributed by atoms with Crippen molar-refractivity contribution in [2.75, 3.05) is 0 Å². The van der Waals surface area contributed by atoms with Gasteiger partial charge in [0.05, 0.1) is 5.48 Å². The second-order valence-electron chi connectivity index (χ2n) is 14.0. The van der Waals surface area contributed by atoms with Crippen molar-refractivity contribution < 1.29 is 9.90 Å². The molecule has 4 fully saturated rings. The van der Waals surface area contributed by atoms with Crippen LogP contribution >= 0.6 is 0 Å². The molecule has 0 spiro atoms. The topological polar surface area (TPSA) is 13.1 Å². The molecule has 45 heavy (non-hydrogen) atoms. The van der Waals surface area contributed by atoms with Crippen molar-refractivity contribution in [2.24, 2.45) is 17.8 Å². The third-order valence-corrected chi connectivity index (χ3v) is 11.3. The zero-order valence-corrected chi connectivity index (χ0v) is 25.2. The Morgan fingerprint density at radius 1 is 0.489 bits per heavy atom. The molecule has 0 amide bonds. The maximum atomic E-state index is 9.22. The van der Waals surface area contributed by atoms with Gasteiger partial charge < -0.3 is 4.42 Å². The van der Waals surface area contributed by atoms with E-state index in [4.69, 9.17) is 8.53 Å². The Hall–Kier alpha value is -4.62. The second-order valence-corrected chi connectivity index (χ2v) is 14.0. The third kappa shape index (κ3) is 3.86. The Morgan fingerprint density at radius 3 is 1.53 bits per heavy atom. The van der Waals surface area contributed by atoms with Crippen molar-refractivity contribution in [3.05, 3.63) is 133 Å². The van der Waals surface area contributed by atoms with E-state index in [-0.39, 0.29) is 29.6 Å². The van der Waals surface area contributed by atoms with Gasteiger partial charge in [-0.15, -0.1) is 0 Å². The molecule has 11 rings (SSSR count). The molecule has 0 unspecified atom stereocenters. The Bertz CT molecular complexity index is 2420. The molecule has 1 nitrogen and oxygen atoms in total. The van der Waals surface area contributed by atoms with Crippen molar-refractivity contribution in [1.29, 1.82) is 0 Å². The predicted octanol–water partition coefficient (Wildman–Crippen LogP) is 12.2. The van der Waals surface area contributed by atoms with Crippen LogP contribution in [0.15, 0.2) is 132 Å². The molecule has 0 atom stereocenters. The fourth-order valence-electron chi connectivity index (χ4n) is 9.98. The van der Waals surface area contributed by atoms with Gasteiger partial charge in [-0.25, -0.2) is 0 Å². The number of para-hydroxylation sites is 1. The van der Waals surface area contributed by atoms with Crippen molar-refractivity contribution in [3.8, 4) is 33.4 Å². The third-order valence-electron chi connectivity index (χ3n) is 11.3. The summed E-state index contributed by atoms with van der Waals surface area (Å²) in [6.45, 7) is 0. The summed E-state index contributed by atoms with van der Waals surface area (Å²) in [5.41, 5.74) is 6.95. The van der Waals surface area contributed by atoms with Crippen LogP contribution in [0.25, 0.3) is 65.9 Å². The van der Waals surface area contributed by atoms with Gasteiger partial charge in [-0.2, -0.15) is 0 Å². The van der Waals surface area contributed by atoms with Gasteiger partial charge in [-0.05, 0) is 112 Å². The van der Waals surface area contributed by atoms with Gasteiger partial charge in [0.15, 0.2) is 0 Å². The average molecular weight is 585 g/mol. The van der Waals surface area contributed by atoms with E-state index in [9.17, 15) is 1.37 Å². The smallest absolute Gasteiger partial charge is 0.134 e. The molecule has 0 radical (unpaired) electrons. The van der Waals surface area contributed by atoms with Crippen molar-refractivity contribution in [2.45, 2.75) is 43.9 Å². The summed E-state index contributed by atoms with van der Waals surface area (Å²) in [6.07, 6.45) is 7.83. The first-order valence-corrected chi connectivity index (χ1v) is 16.5. The van der Waals surface area contributed by atoms with Gasteiger partial charge in [0.1, 0.15) is 11.3 Å². The minimum absolute atomic E-state index is 0.0106. The van der Waals surface area contributed by atoms with Gasteiger partial charge in [0, 0.05) is 16.4 Å². The van der Waals surface area contributed by atoms with Crippen LogP contribution in [0, 0.1) is 17.8 Å². The SMILES string of the molecule is [2H]c1c([2H])c([2H])c2c(-c3ccc(-c4c(C56CC7CC(CC(C7)C5)C6)oc5ccccc45)cc3)c3ccccc3c(-c3ccccc3)c2c1[2H]. The fraction of sp³-hybridized carbons (Fsp3) is 0.227. The Labute approximate surface area is 270 Å². The average Bonchev–Trinajstić information content (AvgIpc) is 3.53. The molecular weight excluding hydrogens is 544 g/mol. The summed E-state index contributed by atoms with van der Waals surface area (Å²) in [5.74, 6) is 3.60. The summed E-state index contributed by atoms with van der Waals surface area (Å²) < 4.78 is 42.6. The molecule has 4 saturated carbocycles. The van der Waals surface area contributed by atoms with Crippen molar-refractivity contribution in [1.82, 2.24) is 0 Å². The molecule has 4 bridgehead atoms. The van der Waals surface area contributed by atoms with Crippen LogP contribution in [-0.4, -0.2) is 0 Å². The Kier molecular flexibility index (Phi) is 4.73. The van der Waals surface area contributed by atoms with E-state index >= 15 is 0 Å². The van der Waals surface area contributed by atoms with E-state index in [2.05, 4.69) is 60.7 Å². The largest absolute Gasteiger partial charge is 0.460 e. The van der Waals surface area contributed by atoms with E-state index in [1.807, 2.05) is 42.5 Å². The van der Waals surface area contributed by atoms with Crippen LogP contribution in [0.5, 0.6) is 0 Å². The molecule has 218 valence electrons. The first-order valence-electron chi connectivity index (χ1n) is 18.5. The van der Waals surface area contributed by atoms with Gasteiger partial charge in [0.25, 0.3) is 0 Å². The Morgan fingerprint density at radius 2 is 0.956 bits per heavy atom. The first kappa shape index (κ1) is 22.0. The van der Waals surface area contributed by atoms with E-state index in [0.29, 0.717) is 10.8 Å². The van der Waals surface area contributed by atoms with Crippen LogP contribution in [0.4, 0.5) is 0 Å². The van der Waals surface area contributed by atoms with Gasteiger partial charge >= 0.3 is 0 Å². The molecule has 6 aromatic carbocycles. The van der Waals surface area contributed by atoms with Crippen LogP contribution in [0.1, 0.15) is 49.8 Å². The maximum Gasteiger partial charge on any atom is 0.134 e. The summed E-state index contributed by atoms with van der Waals surface area (Å²) in [4.78, 5) is 0. The molecule has 4 aliphatic rings. The monoisotopic (exact) mass is 584 g/mol. The molecule has 0 N–H and O–H groups in total. The van der Waals surface area contributed by atoms with Gasteiger partial charge in [0.2, 0.25) is 0 Å². The van der Waals surface area contributed by atoms with Crippen LogP contribution in [0.3, 0.4) is 0 Å². The number of rotatable bonds is 4. The minimum atomic E-state index is -0.213.